The lowest BCUT2D eigenvalue weighted by Crippen LogP contribution is -2.33. The van der Waals surface area contributed by atoms with Crippen molar-refractivity contribution in [2.24, 2.45) is 13.0 Å². The van der Waals surface area contributed by atoms with E-state index in [1.54, 1.807) is 7.05 Å². The molecule has 7 nitrogen and oxygen atoms in total. The molecule has 1 fully saturated rings. The summed E-state index contributed by atoms with van der Waals surface area (Å²) in [5.41, 5.74) is 0. The quantitative estimate of drug-likeness (QED) is 0.661. The molecule has 1 N–H and O–H groups in total. The van der Waals surface area contributed by atoms with Gasteiger partial charge in [0.05, 0.1) is 6.54 Å². The van der Waals surface area contributed by atoms with E-state index in [0.29, 0.717) is 26.1 Å². The van der Waals surface area contributed by atoms with E-state index in [1.807, 2.05) is 0 Å². The van der Waals surface area contributed by atoms with Crippen molar-refractivity contribution in [3.8, 4) is 0 Å². The molecule has 1 saturated heterocycles. The van der Waals surface area contributed by atoms with Crippen molar-refractivity contribution in [3.63, 3.8) is 0 Å². The molecule has 0 saturated carbocycles. The highest BCUT2D eigenvalue weighted by atomic mass is 19.4. The van der Waals surface area contributed by atoms with E-state index in [9.17, 15) is 23.3 Å². The Morgan fingerprint density at radius 1 is 1.57 bits per heavy atom. The van der Waals surface area contributed by atoms with Gasteiger partial charge in [-0.1, -0.05) is 0 Å². The van der Waals surface area contributed by atoms with Crippen molar-refractivity contribution in [3.05, 3.63) is 16.4 Å². The predicted octanol–water partition coefficient (Wildman–Crippen LogP) is 1.62. The fourth-order valence-electron chi connectivity index (χ4n) is 2.47. The summed E-state index contributed by atoms with van der Waals surface area (Å²) in [7, 11) is 1.62. The van der Waals surface area contributed by atoms with Gasteiger partial charge < -0.3 is 15.4 Å². The molecule has 118 valence electrons. The van der Waals surface area contributed by atoms with Crippen molar-refractivity contribution in [2.45, 2.75) is 12.6 Å². The zero-order valence-corrected chi connectivity index (χ0v) is 11.4. The molecule has 0 aromatic carbocycles. The smallest absolute Gasteiger partial charge is 0.364 e. The Balaban J connectivity index is 1.88. The van der Waals surface area contributed by atoms with E-state index in [4.69, 9.17) is 0 Å². The van der Waals surface area contributed by atoms with Gasteiger partial charge in [-0.2, -0.15) is 13.2 Å². The minimum atomic E-state index is -4.19. The fourth-order valence-corrected chi connectivity index (χ4v) is 2.47. The molecule has 1 aromatic heterocycles. The first kappa shape index (κ1) is 15.5. The van der Waals surface area contributed by atoms with Crippen molar-refractivity contribution in [1.29, 1.82) is 0 Å². The van der Waals surface area contributed by atoms with Crippen LogP contribution in [0.3, 0.4) is 0 Å². The lowest BCUT2D eigenvalue weighted by molar-refractivity contribution is -0.388. The van der Waals surface area contributed by atoms with Crippen LogP contribution in [0.2, 0.25) is 0 Å². The maximum atomic E-state index is 12.3. The third-order valence-electron chi connectivity index (χ3n) is 3.42. The van der Waals surface area contributed by atoms with Crippen LogP contribution in [-0.4, -0.2) is 51.7 Å². The highest BCUT2D eigenvalue weighted by Gasteiger charge is 2.34. The van der Waals surface area contributed by atoms with Gasteiger partial charge >= 0.3 is 12.0 Å². The Morgan fingerprint density at radius 3 is 2.90 bits per heavy atom. The minimum absolute atomic E-state index is 0.0295. The molecule has 0 amide bonds. The van der Waals surface area contributed by atoms with Crippen molar-refractivity contribution < 1.29 is 18.1 Å². The molecule has 1 aliphatic heterocycles. The predicted molar refractivity (Wildman–Crippen MR) is 69.0 cm³/mol. The van der Waals surface area contributed by atoms with Crippen LogP contribution in [0.25, 0.3) is 0 Å². The van der Waals surface area contributed by atoms with Crippen LogP contribution in [0.4, 0.5) is 24.8 Å². The number of rotatable bonds is 5. The molecule has 0 spiro atoms. The monoisotopic (exact) mass is 307 g/mol. The summed E-state index contributed by atoms with van der Waals surface area (Å²) in [4.78, 5) is 15.2. The SMILES string of the molecule is Cn1cnc([N+](=O)[O-])c1NCC1CCN(CC(F)(F)F)C1. The van der Waals surface area contributed by atoms with Crippen molar-refractivity contribution >= 4 is 11.6 Å². The normalized spacial score (nSPS) is 19.9. The second-order valence-corrected chi connectivity index (χ2v) is 5.17. The summed E-state index contributed by atoms with van der Waals surface area (Å²) in [6.45, 7) is 0.196. The largest absolute Gasteiger partial charge is 0.406 e. The summed E-state index contributed by atoms with van der Waals surface area (Å²) in [5, 5.41) is 13.7. The minimum Gasteiger partial charge on any atom is -0.364 e. The number of nitrogens with one attached hydrogen (secondary N) is 1. The average Bonchev–Trinajstić information content (AvgIpc) is 2.91. The molecule has 1 aromatic rings. The summed E-state index contributed by atoms with van der Waals surface area (Å²) in [6, 6.07) is 0. The van der Waals surface area contributed by atoms with Crippen LogP contribution in [0.5, 0.6) is 0 Å². The number of nitrogens with zero attached hydrogens (tertiary/aromatic N) is 4. The number of nitro groups is 1. The first-order chi connectivity index (χ1) is 9.76. The van der Waals surface area contributed by atoms with E-state index in [2.05, 4.69) is 10.3 Å². The number of alkyl halides is 3. The molecule has 2 heterocycles. The number of hydrogen-bond donors (Lipinski definition) is 1. The molecule has 2 rings (SSSR count). The van der Waals surface area contributed by atoms with E-state index in [1.165, 1.54) is 15.8 Å². The molecule has 0 bridgehead atoms. The van der Waals surface area contributed by atoms with Crippen LogP contribution in [0, 0.1) is 16.0 Å². The van der Waals surface area contributed by atoms with Crippen LogP contribution in [0.1, 0.15) is 6.42 Å². The van der Waals surface area contributed by atoms with Gasteiger partial charge in [0.2, 0.25) is 12.1 Å². The zero-order valence-electron chi connectivity index (χ0n) is 11.4. The second kappa shape index (κ2) is 5.88. The Kier molecular flexibility index (Phi) is 4.35. The number of imidazole rings is 1. The van der Waals surface area contributed by atoms with Gasteiger partial charge in [-0.15, -0.1) is 0 Å². The van der Waals surface area contributed by atoms with E-state index >= 15 is 0 Å². The topological polar surface area (TPSA) is 76.2 Å². The number of likely N-dealkylation sites (tertiary alicyclic amines) is 1. The Bertz CT molecular complexity index is 516. The van der Waals surface area contributed by atoms with E-state index in [0.717, 1.165) is 0 Å². The molecule has 1 atom stereocenters. The summed E-state index contributed by atoms with van der Waals surface area (Å²) in [5.74, 6) is 0.0266. The molecule has 0 aliphatic carbocycles. The molecule has 1 aliphatic rings. The lowest BCUT2D eigenvalue weighted by Gasteiger charge is -2.18. The molecule has 1 unspecified atom stereocenters. The third-order valence-corrected chi connectivity index (χ3v) is 3.42. The molecular weight excluding hydrogens is 291 g/mol. The Hall–Kier alpha value is -1.84. The van der Waals surface area contributed by atoms with Crippen LogP contribution in [0.15, 0.2) is 6.33 Å². The van der Waals surface area contributed by atoms with Gasteiger partial charge in [-0.05, 0) is 28.8 Å². The first-order valence-corrected chi connectivity index (χ1v) is 6.45. The van der Waals surface area contributed by atoms with Crippen molar-refractivity contribution in [2.75, 3.05) is 31.5 Å². The maximum absolute atomic E-state index is 12.3. The molecule has 0 radical (unpaired) electrons. The van der Waals surface area contributed by atoms with E-state index in [-0.39, 0.29) is 17.6 Å². The number of hydrogen-bond acceptors (Lipinski definition) is 5. The molecule has 21 heavy (non-hydrogen) atoms. The Morgan fingerprint density at radius 2 is 2.29 bits per heavy atom. The third kappa shape index (κ3) is 4.06. The highest BCUT2D eigenvalue weighted by molar-refractivity contribution is 5.51. The summed E-state index contributed by atoms with van der Waals surface area (Å²) in [6.07, 6.45) is -2.23. The molecule has 10 heteroatoms. The van der Waals surface area contributed by atoms with Crippen LogP contribution in [-0.2, 0) is 7.05 Å². The lowest BCUT2D eigenvalue weighted by atomic mass is 10.1. The van der Waals surface area contributed by atoms with Gasteiger partial charge in [0, 0.05) is 20.1 Å². The fraction of sp³-hybridized carbons (Fsp3) is 0.727. The molecular formula is C11H16F3N5O2. The van der Waals surface area contributed by atoms with Gasteiger partial charge in [-0.25, -0.2) is 0 Å². The number of aromatic nitrogens is 2. The van der Waals surface area contributed by atoms with Gasteiger partial charge in [0.15, 0.2) is 0 Å². The number of halogens is 3. The highest BCUT2D eigenvalue weighted by Crippen LogP contribution is 2.25. The standard InChI is InChI=1S/C11H16F3N5O2/c1-17-7-16-10(19(20)21)9(17)15-4-8-2-3-18(5-8)6-11(12,13)14/h7-8,15H,2-6H2,1H3. The average molecular weight is 307 g/mol. The number of anilines is 1. The number of aryl methyl sites for hydroxylation is 1. The van der Waals surface area contributed by atoms with Crippen LogP contribution < -0.4 is 5.32 Å². The van der Waals surface area contributed by atoms with E-state index < -0.39 is 17.6 Å². The zero-order chi connectivity index (χ0) is 15.6. The first-order valence-electron chi connectivity index (χ1n) is 6.45. The van der Waals surface area contributed by atoms with Gasteiger partial charge in [0.1, 0.15) is 0 Å². The maximum Gasteiger partial charge on any atom is 0.406 e. The summed E-state index contributed by atoms with van der Waals surface area (Å²) >= 11 is 0. The van der Waals surface area contributed by atoms with Crippen molar-refractivity contribution in [1.82, 2.24) is 14.5 Å². The van der Waals surface area contributed by atoms with Gasteiger partial charge in [-0.3, -0.25) is 9.47 Å². The summed E-state index contributed by atoms with van der Waals surface area (Å²) < 4.78 is 38.4. The van der Waals surface area contributed by atoms with Crippen LogP contribution >= 0.6 is 0 Å². The van der Waals surface area contributed by atoms with Gasteiger partial charge in [0.25, 0.3) is 0 Å². The Labute approximate surface area is 118 Å². The second-order valence-electron chi connectivity index (χ2n) is 5.17.